The van der Waals surface area contributed by atoms with Gasteiger partial charge in [0.05, 0.1) is 42.2 Å². The van der Waals surface area contributed by atoms with Crippen molar-refractivity contribution in [3.05, 3.63) is 50.4 Å². The highest BCUT2D eigenvalue weighted by Gasteiger charge is 2.10. The lowest BCUT2D eigenvalue weighted by Crippen LogP contribution is -2.17. The number of benzene rings is 1. The number of halogens is 2. The average Bonchev–Trinajstić information content (AvgIpc) is 3.06. The van der Waals surface area contributed by atoms with Gasteiger partial charge < -0.3 is 15.3 Å². The summed E-state index contributed by atoms with van der Waals surface area (Å²) in [5.74, 6) is 0.327. The molecular weight excluding hydrogens is 395 g/mol. The molecule has 142 valence electrons. The molecule has 0 bridgehead atoms. The van der Waals surface area contributed by atoms with Gasteiger partial charge in [-0.05, 0) is 17.7 Å². The van der Waals surface area contributed by atoms with E-state index in [-0.39, 0.29) is 12.2 Å². The molecule has 0 atom stereocenters. The summed E-state index contributed by atoms with van der Waals surface area (Å²) in [6.07, 6.45) is 2.74. The topological polar surface area (TPSA) is 117 Å². The van der Waals surface area contributed by atoms with Crippen LogP contribution in [0.3, 0.4) is 0 Å². The minimum atomic E-state index is -0.314. The Morgan fingerprint density at radius 2 is 2.22 bits per heavy atom. The van der Waals surface area contributed by atoms with Gasteiger partial charge >= 0.3 is 0 Å². The first-order chi connectivity index (χ1) is 13.1. The Balaban J connectivity index is 1.69. The van der Waals surface area contributed by atoms with E-state index in [0.29, 0.717) is 46.7 Å². The fraction of sp³-hybridized carbons (Fsp3) is 0.250. The quantitative estimate of drug-likeness (QED) is 0.227. The summed E-state index contributed by atoms with van der Waals surface area (Å²) in [6.45, 7) is 1.26. The smallest absolute Gasteiger partial charge is 0.278 e. The number of ether oxygens (including phenoxy) is 1. The molecule has 0 saturated carbocycles. The fourth-order valence-corrected chi connectivity index (χ4v) is 2.74. The predicted octanol–water partition coefficient (Wildman–Crippen LogP) is 2.52. The third kappa shape index (κ3) is 4.76. The molecule has 3 aromatic rings. The predicted molar refractivity (Wildman–Crippen MR) is 103 cm³/mol. The zero-order valence-electron chi connectivity index (χ0n) is 14.0. The van der Waals surface area contributed by atoms with Crippen LogP contribution in [0.25, 0.3) is 11.0 Å². The van der Waals surface area contributed by atoms with E-state index in [4.69, 9.17) is 33.1 Å². The summed E-state index contributed by atoms with van der Waals surface area (Å²) in [5, 5.41) is 19.3. The zero-order valence-corrected chi connectivity index (χ0v) is 15.5. The number of hydrogen-bond donors (Lipinski definition) is 3. The van der Waals surface area contributed by atoms with Gasteiger partial charge in [-0.2, -0.15) is 5.10 Å². The van der Waals surface area contributed by atoms with Crippen LogP contribution in [0.15, 0.2) is 34.3 Å². The standard InChI is InChI=1S/C16H16Cl2N6O3/c17-11-2-1-10(7-12(11)18)8-19-16-22-13-9-20-24(14(13)15(25)23-16)4-6-27-5-3-21-26/h1-3,7,9,26H,4-6,8H2,(H2,19,22,23,25)/b21-3+. The van der Waals surface area contributed by atoms with Crippen molar-refractivity contribution in [1.29, 1.82) is 0 Å². The molecule has 0 aliphatic rings. The molecule has 1 aromatic carbocycles. The summed E-state index contributed by atoms with van der Waals surface area (Å²) < 4.78 is 6.74. The minimum absolute atomic E-state index is 0.174. The number of nitrogens with one attached hydrogen (secondary N) is 2. The molecule has 0 aliphatic carbocycles. The maximum Gasteiger partial charge on any atom is 0.278 e. The largest absolute Gasteiger partial charge is 0.411 e. The van der Waals surface area contributed by atoms with Gasteiger partial charge in [0.1, 0.15) is 5.52 Å². The number of nitrogens with zero attached hydrogens (tertiary/aromatic N) is 4. The molecule has 0 radical (unpaired) electrons. The first-order valence-corrected chi connectivity index (χ1v) is 8.71. The van der Waals surface area contributed by atoms with Gasteiger partial charge in [0.2, 0.25) is 5.95 Å². The maximum atomic E-state index is 12.4. The molecule has 0 fully saturated rings. The number of H-pyrrole nitrogens is 1. The molecule has 3 rings (SSSR count). The van der Waals surface area contributed by atoms with Gasteiger partial charge in [0.15, 0.2) is 5.52 Å². The van der Waals surface area contributed by atoms with E-state index in [2.05, 4.69) is 25.5 Å². The highest BCUT2D eigenvalue weighted by molar-refractivity contribution is 6.42. The van der Waals surface area contributed by atoms with E-state index in [9.17, 15) is 4.79 Å². The average molecular weight is 411 g/mol. The molecule has 2 heterocycles. The van der Waals surface area contributed by atoms with Crippen LogP contribution in [0.1, 0.15) is 5.56 Å². The van der Waals surface area contributed by atoms with Crippen molar-refractivity contribution in [2.45, 2.75) is 13.1 Å². The van der Waals surface area contributed by atoms with Gasteiger partial charge in [-0.25, -0.2) is 4.98 Å². The van der Waals surface area contributed by atoms with Crippen LogP contribution >= 0.6 is 23.2 Å². The van der Waals surface area contributed by atoms with Crippen molar-refractivity contribution in [2.24, 2.45) is 5.16 Å². The van der Waals surface area contributed by atoms with Crippen LogP contribution in [0.2, 0.25) is 10.0 Å². The van der Waals surface area contributed by atoms with Crippen molar-refractivity contribution in [3.8, 4) is 0 Å². The summed E-state index contributed by atoms with van der Waals surface area (Å²) >= 11 is 11.9. The zero-order chi connectivity index (χ0) is 19.2. The normalized spacial score (nSPS) is 11.5. The highest BCUT2D eigenvalue weighted by Crippen LogP contribution is 2.22. The van der Waals surface area contributed by atoms with Gasteiger partial charge in [0.25, 0.3) is 5.56 Å². The van der Waals surface area contributed by atoms with Crippen molar-refractivity contribution in [2.75, 3.05) is 18.5 Å². The van der Waals surface area contributed by atoms with E-state index in [1.165, 1.54) is 17.1 Å². The number of anilines is 1. The first kappa shape index (κ1) is 19.2. The molecule has 0 spiro atoms. The molecule has 0 amide bonds. The summed E-state index contributed by atoms with van der Waals surface area (Å²) in [4.78, 5) is 19.5. The van der Waals surface area contributed by atoms with Gasteiger partial charge in [-0.1, -0.05) is 34.4 Å². The lowest BCUT2D eigenvalue weighted by molar-refractivity contribution is 0.160. The lowest BCUT2D eigenvalue weighted by atomic mass is 10.2. The van der Waals surface area contributed by atoms with E-state index < -0.39 is 0 Å². The molecular formula is C16H16Cl2N6O3. The molecule has 2 aromatic heterocycles. The van der Waals surface area contributed by atoms with Crippen molar-refractivity contribution in [3.63, 3.8) is 0 Å². The van der Waals surface area contributed by atoms with E-state index in [1.54, 1.807) is 12.1 Å². The SMILES string of the molecule is O=c1[nH]c(NCc2ccc(Cl)c(Cl)c2)nc2cnn(CCOC/C=N/O)c12. The number of aromatic amines is 1. The Bertz CT molecular complexity index is 1020. The second-order valence-electron chi connectivity index (χ2n) is 5.49. The van der Waals surface area contributed by atoms with E-state index in [0.717, 1.165) is 5.56 Å². The van der Waals surface area contributed by atoms with Crippen molar-refractivity contribution in [1.82, 2.24) is 19.7 Å². The molecule has 0 saturated heterocycles. The third-order valence-electron chi connectivity index (χ3n) is 3.66. The Hall–Kier alpha value is -2.62. The van der Waals surface area contributed by atoms with Crippen LogP contribution in [0.4, 0.5) is 5.95 Å². The van der Waals surface area contributed by atoms with Crippen molar-refractivity contribution < 1.29 is 9.94 Å². The maximum absolute atomic E-state index is 12.4. The van der Waals surface area contributed by atoms with Crippen LogP contribution in [0.5, 0.6) is 0 Å². The summed E-state index contributed by atoms with van der Waals surface area (Å²) in [7, 11) is 0. The lowest BCUT2D eigenvalue weighted by Gasteiger charge is -2.07. The Morgan fingerprint density at radius 1 is 1.37 bits per heavy atom. The number of rotatable bonds is 8. The Morgan fingerprint density at radius 3 is 3.00 bits per heavy atom. The number of aromatic nitrogens is 4. The van der Waals surface area contributed by atoms with Crippen LogP contribution < -0.4 is 10.9 Å². The van der Waals surface area contributed by atoms with Crippen molar-refractivity contribution >= 4 is 46.4 Å². The number of hydrogen-bond acceptors (Lipinski definition) is 7. The van der Waals surface area contributed by atoms with E-state index in [1.807, 2.05) is 6.07 Å². The molecule has 9 nitrogen and oxygen atoms in total. The van der Waals surface area contributed by atoms with E-state index >= 15 is 0 Å². The second-order valence-corrected chi connectivity index (χ2v) is 6.31. The van der Waals surface area contributed by atoms with Gasteiger partial charge in [-0.3, -0.25) is 14.5 Å². The third-order valence-corrected chi connectivity index (χ3v) is 4.40. The first-order valence-electron chi connectivity index (χ1n) is 7.95. The van der Waals surface area contributed by atoms with Crippen LogP contribution in [-0.2, 0) is 17.8 Å². The van der Waals surface area contributed by atoms with Crippen LogP contribution in [0, 0.1) is 0 Å². The minimum Gasteiger partial charge on any atom is -0.411 e. The fourth-order valence-electron chi connectivity index (χ4n) is 2.42. The van der Waals surface area contributed by atoms with Gasteiger partial charge in [-0.15, -0.1) is 0 Å². The molecule has 0 unspecified atom stereocenters. The molecule has 0 aliphatic heterocycles. The van der Waals surface area contributed by atoms with Crippen LogP contribution in [-0.4, -0.2) is 44.4 Å². The molecule has 27 heavy (non-hydrogen) atoms. The Kier molecular flexibility index (Phi) is 6.28. The monoisotopic (exact) mass is 410 g/mol. The second kappa shape index (κ2) is 8.85. The Labute approximate surface area is 163 Å². The summed E-state index contributed by atoms with van der Waals surface area (Å²) in [6, 6.07) is 5.28. The molecule has 3 N–H and O–H groups in total. The number of oxime groups is 1. The summed E-state index contributed by atoms with van der Waals surface area (Å²) in [5.41, 5.74) is 1.40. The number of fused-ring (bicyclic) bond motifs is 1. The molecule has 11 heteroatoms. The van der Waals surface area contributed by atoms with Gasteiger partial charge in [0, 0.05) is 6.54 Å². The highest BCUT2D eigenvalue weighted by atomic mass is 35.5.